The number of benzene rings is 3. The molecule has 33 heavy (non-hydrogen) atoms. The summed E-state index contributed by atoms with van der Waals surface area (Å²) in [6.07, 6.45) is 0. The van der Waals surface area contributed by atoms with Gasteiger partial charge in [0.25, 0.3) is 11.7 Å². The molecule has 1 atom stereocenters. The molecule has 7 nitrogen and oxygen atoms in total. The molecule has 7 heteroatoms. The van der Waals surface area contributed by atoms with Gasteiger partial charge in [-0.2, -0.15) is 0 Å². The van der Waals surface area contributed by atoms with E-state index in [9.17, 15) is 19.8 Å². The van der Waals surface area contributed by atoms with Crippen LogP contribution in [0.2, 0.25) is 0 Å². The molecule has 1 amide bonds. The Labute approximate surface area is 191 Å². The molecule has 4 rings (SSSR count). The molecule has 2 N–H and O–H groups in total. The van der Waals surface area contributed by atoms with Crippen LogP contribution in [0, 0.1) is 0 Å². The fourth-order valence-corrected chi connectivity index (χ4v) is 3.95. The molecule has 0 radical (unpaired) electrons. The first-order chi connectivity index (χ1) is 16.0. The largest absolute Gasteiger partial charge is 0.507 e. The first-order valence-corrected chi connectivity index (χ1v) is 10.3. The first-order valence-electron chi connectivity index (χ1n) is 10.3. The van der Waals surface area contributed by atoms with Crippen molar-refractivity contribution in [3.63, 3.8) is 0 Å². The number of rotatable bonds is 6. The molecule has 0 aromatic heterocycles. The van der Waals surface area contributed by atoms with E-state index in [1.165, 1.54) is 19.1 Å². The molecular weight excluding hydrogens is 422 g/mol. The number of ether oxygens (including phenoxy) is 2. The van der Waals surface area contributed by atoms with Crippen molar-refractivity contribution in [2.24, 2.45) is 0 Å². The molecule has 1 aliphatic rings. The average molecular weight is 445 g/mol. The van der Waals surface area contributed by atoms with E-state index in [4.69, 9.17) is 9.47 Å². The molecule has 0 bridgehead atoms. The fraction of sp³-hybridized carbons (Fsp3) is 0.154. The SMILES string of the molecule is COc1ccc(C(O)=C2C(=O)C(=O)N(c3ccc(CO)cc3)C2c2ccccc2OC)cc1. The van der Waals surface area contributed by atoms with Crippen LogP contribution in [0.1, 0.15) is 22.7 Å². The summed E-state index contributed by atoms with van der Waals surface area (Å²) in [5, 5.41) is 20.5. The number of aliphatic hydroxyl groups is 2. The van der Waals surface area contributed by atoms with E-state index in [1.54, 1.807) is 72.8 Å². The Morgan fingerprint density at radius 2 is 1.58 bits per heavy atom. The van der Waals surface area contributed by atoms with Crippen molar-refractivity contribution in [2.45, 2.75) is 12.6 Å². The second-order valence-electron chi connectivity index (χ2n) is 7.46. The zero-order chi connectivity index (χ0) is 23.5. The summed E-state index contributed by atoms with van der Waals surface area (Å²) < 4.78 is 10.7. The van der Waals surface area contributed by atoms with Gasteiger partial charge < -0.3 is 19.7 Å². The van der Waals surface area contributed by atoms with Crippen LogP contribution in [0.3, 0.4) is 0 Å². The highest BCUT2D eigenvalue weighted by molar-refractivity contribution is 6.51. The van der Waals surface area contributed by atoms with E-state index in [1.807, 2.05) is 0 Å². The summed E-state index contributed by atoms with van der Waals surface area (Å²) in [5.41, 5.74) is 2.02. The lowest BCUT2D eigenvalue weighted by atomic mass is 9.94. The van der Waals surface area contributed by atoms with E-state index in [0.29, 0.717) is 33.9 Å². The van der Waals surface area contributed by atoms with Gasteiger partial charge in [-0.05, 0) is 48.0 Å². The minimum Gasteiger partial charge on any atom is -0.507 e. The minimum absolute atomic E-state index is 0.0408. The molecule has 3 aromatic rings. The number of anilines is 1. The highest BCUT2D eigenvalue weighted by atomic mass is 16.5. The zero-order valence-corrected chi connectivity index (χ0v) is 18.2. The third-order valence-corrected chi connectivity index (χ3v) is 5.64. The predicted molar refractivity (Wildman–Crippen MR) is 123 cm³/mol. The summed E-state index contributed by atoms with van der Waals surface area (Å²) in [7, 11) is 3.04. The van der Waals surface area contributed by atoms with E-state index in [0.717, 1.165) is 0 Å². The summed E-state index contributed by atoms with van der Waals surface area (Å²) >= 11 is 0. The maximum Gasteiger partial charge on any atom is 0.300 e. The van der Waals surface area contributed by atoms with Gasteiger partial charge in [-0.15, -0.1) is 0 Å². The number of para-hydroxylation sites is 1. The molecular formula is C26H23NO6. The number of amides is 1. The van der Waals surface area contributed by atoms with Gasteiger partial charge in [-0.1, -0.05) is 30.3 Å². The highest BCUT2D eigenvalue weighted by Crippen LogP contribution is 2.44. The third-order valence-electron chi connectivity index (χ3n) is 5.64. The van der Waals surface area contributed by atoms with Gasteiger partial charge in [0.2, 0.25) is 0 Å². The second kappa shape index (κ2) is 9.18. The Balaban J connectivity index is 1.93. The van der Waals surface area contributed by atoms with Crippen LogP contribution in [-0.2, 0) is 16.2 Å². The lowest BCUT2D eigenvalue weighted by molar-refractivity contribution is -0.132. The molecule has 1 saturated heterocycles. The lowest BCUT2D eigenvalue weighted by Crippen LogP contribution is -2.29. The number of ketones is 1. The number of nitrogens with zero attached hydrogens (tertiary/aromatic N) is 1. The number of methoxy groups -OCH3 is 2. The fourth-order valence-electron chi connectivity index (χ4n) is 3.95. The Hall–Kier alpha value is -4.10. The maximum absolute atomic E-state index is 13.2. The van der Waals surface area contributed by atoms with Crippen LogP contribution in [0.15, 0.2) is 78.4 Å². The monoisotopic (exact) mass is 445 g/mol. The minimum atomic E-state index is -0.914. The Morgan fingerprint density at radius 3 is 2.18 bits per heavy atom. The quantitative estimate of drug-likeness (QED) is 0.340. The topological polar surface area (TPSA) is 96.3 Å². The molecule has 168 valence electrons. The Morgan fingerprint density at radius 1 is 0.909 bits per heavy atom. The molecule has 1 fully saturated rings. The number of hydrogen-bond acceptors (Lipinski definition) is 6. The van der Waals surface area contributed by atoms with Crippen LogP contribution >= 0.6 is 0 Å². The molecule has 3 aromatic carbocycles. The Kier molecular flexibility index (Phi) is 6.15. The van der Waals surface area contributed by atoms with Gasteiger partial charge >= 0.3 is 0 Å². The maximum atomic E-state index is 13.2. The average Bonchev–Trinajstić information content (AvgIpc) is 3.13. The second-order valence-corrected chi connectivity index (χ2v) is 7.46. The van der Waals surface area contributed by atoms with Gasteiger partial charge in [0.1, 0.15) is 17.3 Å². The van der Waals surface area contributed by atoms with Gasteiger partial charge in [0, 0.05) is 16.8 Å². The summed E-state index contributed by atoms with van der Waals surface area (Å²) in [6.45, 7) is -0.146. The molecule has 0 aliphatic carbocycles. The number of carbonyl (C=O) groups is 2. The van der Waals surface area contributed by atoms with Crippen molar-refractivity contribution in [1.82, 2.24) is 0 Å². The zero-order valence-electron chi connectivity index (χ0n) is 18.2. The predicted octanol–water partition coefficient (Wildman–Crippen LogP) is 3.82. The van der Waals surface area contributed by atoms with Crippen LogP contribution < -0.4 is 14.4 Å². The smallest absolute Gasteiger partial charge is 0.300 e. The molecule has 1 unspecified atom stereocenters. The van der Waals surface area contributed by atoms with Crippen molar-refractivity contribution < 1.29 is 29.3 Å². The van der Waals surface area contributed by atoms with E-state index in [2.05, 4.69) is 0 Å². The van der Waals surface area contributed by atoms with Gasteiger partial charge in [-0.25, -0.2) is 0 Å². The van der Waals surface area contributed by atoms with E-state index in [-0.39, 0.29) is 17.9 Å². The number of aliphatic hydroxyl groups excluding tert-OH is 2. The van der Waals surface area contributed by atoms with E-state index >= 15 is 0 Å². The van der Waals surface area contributed by atoms with Crippen molar-refractivity contribution in [1.29, 1.82) is 0 Å². The van der Waals surface area contributed by atoms with Crippen molar-refractivity contribution in [3.8, 4) is 11.5 Å². The molecule has 1 aliphatic heterocycles. The molecule has 0 saturated carbocycles. The van der Waals surface area contributed by atoms with Crippen LogP contribution in [0.5, 0.6) is 11.5 Å². The van der Waals surface area contributed by atoms with Crippen LogP contribution in [-0.4, -0.2) is 36.1 Å². The first kappa shape index (κ1) is 22.1. The van der Waals surface area contributed by atoms with Crippen LogP contribution in [0.4, 0.5) is 5.69 Å². The van der Waals surface area contributed by atoms with Crippen molar-refractivity contribution >= 4 is 23.1 Å². The normalized spacial score (nSPS) is 17.3. The number of Topliss-reactive ketones (excluding diaryl/α,β-unsaturated/α-hetero) is 1. The van der Waals surface area contributed by atoms with Gasteiger partial charge in [0.15, 0.2) is 0 Å². The van der Waals surface area contributed by atoms with Crippen LogP contribution in [0.25, 0.3) is 5.76 Å². The van der Waals surface area contributed by atoms with Crippen molar-refractivity contribution in [3.05, 3.63) is 95.1 Å². The van der Waals surface area contributed by atoms with Crippen molar-refractivity contribution in [2.75, 3.05) is 19.1 Å². The summed E-state index contributed by atoms with van der Waals surface area (Å²) in [4.78, 5) is 27.8. The highest BCUT2D eigenvalue weighted by Gasteiger charge is 2.47. The number of hydrogen-bond donors (Lipinski definition) is 2. The van der Waals surface area contributed by atoms with Gasteiger partial charge in [-0.3, -0.25) is 14.5 Å². The molecule has 0 spiro atoms. The summed E-state index contributed by atoms with van der Waals surface area (Å²) in [6, 6.07) is 19.4. The Bertz CT molecular complexity index is 1210. The summed E-state index contributed by atoms with van der Waals surface area (Å²) in [5.74, 6) is -0.788. The lowest BCUT2D eigenvalue weighted by Gasteiger charge is -2.26. The van der Waals surface area contributed by atoms with E-state index < -0.39 is 17.7 Å². The molecule has 1 heterocycles. The van der Waals surface area contributed by atoms with Gasteiger partial charge in [0.05, 0.1) is 32.4 Å². The third kappa shape index (κ3) is 3.94. The standard InChI is InChI=1S/C26H23NO6/c1-32-19-13-9-17(10-14-19)24(29)22-23(20-5-3-4-6-21(20)33-2)27(26(31)25(22)30)18-11-7-16(15-28)8-12-18/h3-14,23,28-29H,15H2,1-2H3. The number of carbonyl (C=O) groups excluding carboxylic acids is 2.